The average molecular weight is 206 g/mol. The van der Waals surface area contributed by atoms with E-state index < -0.39 is 0 Å². The molecule has 0 spiro atoms. The molecule has 84 valence electrons. The van der Waals surface area contributed by atoms with E-state index in [4.69, 9.17) is 0 Å². The second-order valence-corrected chi connectivity index (χ2v) is 3.81. The van der Waals surface area contributed by atoms with Gasteiger partial charge >= 0.3 is 0 Å². The zero-order chi connectivity index (χ0) is 11.8. The Hall–Kier alpha value is -1.31. The molecule has 0 fully saturated rings. The highest BCUT2D eigenvalue weighted by Gasteiger charge is 2.03. The Bertz CT molecular complexity index is 294. The van der Waals surface area contributed by atoms with Crippen LogP contribution in [0.5, 0.6) is 0 Å². The number of nitrogens with one attached hydrogen (secondary N) is 1. The van der Waals surface area contributed by atoms with Crippen molar-refractivity contribution in [2.45, 2.75) is 27.7 Å². The number of hydrogen-bond acceptors (Lipinski definition) is 2. The van der Waals surface area contributed by atoms with Crippen LogP contribution in [0.25, 0.3) is 0 Å². The Balaban J connectivity index is 4.79. The monoisotopic (exact) mass is 206 g/mol. The summed E-state index contributed by atoms with van der Waals surface area (Å²) in [5, 5.41) is 3.12. The standard InChI is InChI=1S/C13H22N2/c1-7-11(4)8-9-15-13(10(2)3)12(5)14-6/h7-10,14H,1H2,2-6H3/b11-8+,13-12+,15-9+. The third kappa shape index (κ3) is 5.21. The van der Waals surface area contributed by atoms with Gasteiger partial charge in [-0.05, 0) is 25.8 Å². The average Bonchev–Trinajstić information content (AvgIpc) is 2.22. The van der Waals surface area contributed by atoms with Crippen molar-refractivity contribution >= 4 is 6.21 Å². The van der Waals surface area contributed by atoms with E-state index in [2.05, 4.69) is 30.7 Å². The maximum Gasteiger partial charge on any atom is 0.0614 e. The third-order valence-electron chi connectivity index (χ3n) is 2.18. The van der Waals surface area contributed by atoms with Crippen molar-refractivity contribution in [2.24, 2.45) is 10.9 Å². The molecule has 0 rings (SSSR count). The molecule has 0 saturated heterocycles. The Morgan fingerprint density at radius 2 is 1.93 bits per heavy atom. The van der Waals surface area contributed by atoms with Crippen LogP contribution in [0.4, 0.5) is 0 Å². The molecule has 0 unspecified atom stereocenters. The molecule has 0 amide bonds. The van der Waals surface area contributed by atoms with Gasteiger partial charge in [-0.25, -0.2) is 0 Å². The van der Waals surface area contributed by atoms with Gasteiger partial charge in [0.1, 0.15) is 0 Å². The van der Waals surface area contributed by atoms with Gasteiger partial charge in [0.25, 0.3) is 0 Å². The largest absolute Gasteiger partial charge is 0.390 e. The fourth-order valence-electron chi connectivity index (χ4n) is 1.11. The molecule has 0 aliphatic carbocycles. The van der Waals surface area contributed by atoms with Gasteiger partial charge in [0.15, 0.2) is 0 Å². The van der Waals surface area contributed by atoms with Crippen LogP contribution in [0.2, 0.25) is 0 Å². The van der Waals surface area contributed by atoms with Gasteiger partial charge in [-0.15, -0.1) is 0 Å². The fraction of sp³-hybridized carbons (Fsp3) is 0.462. The summed E-state index contributed by atoms with van der Waals surface area (Å²) in [6, 6.07) is 0. The summed E-state index contributed by atoms with van der Waals surface area (Å²) in [6.45, 7) is 12.0. The lowest BCUT2D eigenvalue weighted by Crippen LogP contribution is -2.08. The van der Waals surface area contributed by atoms with Gasteiger partial charge in [-0.3, -0.25) is 4.99 Å². The first-order valence-electron chi connectivity index (χ1n) is 5.24. The van der Waals surface area contributed by atoms with E-state index in [1.165, 1.54) is 0 Å². The lowest BCUT2D eigenvalue weighted by molar-refractivity contribution is 0.728. The molecule has 0 aliphatic rings. The smallest absolute Gasteiger partial charge is 0.0614 e. The third-order valence-corrected chi connectivity index (χ3v) is 2.18. The highest BCUT2D eigenvalue weighted by molar-refractivity contribution is 5.73. The lowest BCUT2D eigenvalue weighted by Gasteiger charge is -2.10. The zero-order valence-electron chi connectivity index (χ0n) is 10.5. The fourth-order valence-corrected chi connectivity index (χ4v) is 1.11. The molecule has 0 radical (unpaired) electrons. The van der Waals surface area contributed by atoms with Crippen LogP contribution in [0.1, 0.15) is 27.7 Å². The summed E-state index contributed by atoms with van der Waals surface area (Å²) >= 11 is 0. The number of hydrogen-bond donors (Lipinski definition) is 1. The molecule has 0 atom stereocenters. The van der Waals surface area contributed by atoms with E-state index >= 15 is 0 Å². The Morgan fingerprint density at radius 1 is 1.33 bits per heavy atom. The first kappa shape index (κ1) is 13.7. The van der Waals surface area contributed by atoms with Crippen LogP contribution in [0.3, 0.4) is 0 Å². The molecule has 0 saturated carbocycles. The maximum absolute atomic E-state index is 4.45. The van der Waals surface area contributed by atoms with Gasteiger partial charge in [0.05, 0.1) is 5.70 Å². The van der Waals surface area contributed by atoms with Crippen molar-refractivity contribution in [1.82, 2.24) is 5.32 Å². The number of allylic oxidation sites excluding steroid dienone is 5. The maximum atomic E-state index is 4.45. The number of rotatable bonds is 5. The predicted octanol–water partition coefficient (Wildman–Crippen LogP) is 3.30. The van der Waals surface area contributed by atoms with Crippen molar-refractivity contribution in [2.75, 3.05) is 7.05 Å². The Labute approximate surface area is 93.5 Å². The molecular formula is C13H22N2. The first-order chi connectivity index (χ1) is 7.02. The van der Waals surface area contributed by atoms with Crippen LogP contribution in [0, 0.1) is 5.92 Å². The van der Waals surface area contributed by atoms with E-state index in [1.807, 2.05) is 39.3 Å². The van der Waals surface area contributed by atoms with E-state index in [0.29, 0.717) is 5.92 Å². The van der Waals surface area contributed by atoms with Gasteiger partial charge in [0.2, 0.25) is 0 Å². The van der Waals surface area contributed by atoms with Gasteiger partial charge < -0.3 is 5.32 Å². The predicted molar refractivity (Wildman–Crippen MR) is 69.0 cm³/mol. The van der Waals surface area contributed by atoms with E-state index in [-0.39, 0.29) is 0 Å². The quantitative estimate of drug-likeness (QED) is 0.541. The van der Waals surface area contributed by atoms with E-state index in [1.54, 1.807) is 0 Å². The molecule has 15 heavy (non-hydrogen) atoms. The molecule has 1 N–H and O–H groups in total. The normalized spacial score (nSPS) is 14.4. The Morgan fingerprint density at radius 3 is 2.33 bits per heavy atom. The highest BCUT2D eigenvalue weighted by Crippen LogP contribution is 2.13. The van der Waals surface area contributed by atoms with Crippen LogP contribution >= 0.6 is 0 Å². The highest BCUT2D eigenvalue weighted by atomic mass is 14.9. The van der Waals surface area contributed by atoms with Crippen molar-refractivity contribution in [3.05, 3.63) is 35.7 Å². The SMILES string of the molecule is C=C/C(C)=C/C=N/C(=C(\C)NC)C(C)C. The van der Waals surface area contributed by atoms with Crippen LogP contribution in [-0.4, -0.2) is 13.3 Å². The summed E-state index contributed by atoms with van der Waals surface area (Å²) in [4.78, 5) is 4.45. The second kappa shape index (κ2) is 7.04. The van der Waals surface area contributed by atoms with Crippen LogP contribution in [0.15, 0.2) is 40.7 Å². The Kier molecular flexibility index (Phi) is 6.43. The summed E-state index contributed by atoms with van der Waals surface area (Å²) in [5.41, 5.74) is 3.32. The molecule has 0 aromatic rings. The molecule has 2 nitrogen and oxygen atoms in total. The topological polar surface area (TPSA) is 24.4 Å². The summed E-state index contributed by atoms with van der Waals surface area (Å²) < 4.78 is 0. The van der Waals surface area contributed by atoms with Crippen LogP contribution in [-0.2, 0) is 0 Å². The van der Waals surface area contributed by atoms with Crippen molar-refractivity contribution in [1.29, 1.82) is 0 Å². The molecule has 0 aromatic carbocycles. The minimum atomic E-state index is 0.422. The van der Waals surface area contributed by atoms with Gasteiger partial charge in [0, 0.05) is 19.0 Å². The first-order valence-corrected chi connectivity index (χ1v) is 5.24. The molecule has 0 bridgehead atoms. The van der Waals surface area contributed by atoms with Crippen molar-refractivity contribution in [3.8, 4) is 0 Å². The molecular weight excluding hydrogens is 184 g/mol. The molecule has 0 aliphatic heterocycles. The van der Waals surface area contributed by atoms with Gasteiger partial charge in [-0.2, -0.15) is 0 Å². The summed E-state index contributed by atoms with van der Waals surface area (Å²) in [6.07, 6.45) is 5.60. The second-order valence-electron chi connectivity index (χ2n) is 3.81. The van der Waals surface area contributed by atoms with Crippen molar-refractivity contribution < 1.29 is 0 Å². The van der Waals surface area contributed by atoms with Crippen molar-refractivity contribution in [3.63, 3.8) is 0 Å². The minimum absolute atomic E-state index is 0.422. The lowest BCUT2D eigenvalue weighted by atomic mass is 10.1. The number of nitrogens with zero attached hydrogens (tertiary/aromatic N) is 1. The van der Waals surface area contributed by atoms with Gasteiger partial charge in [-0.1, -0.05) is 32.1 Å². The number of aliphatic imine (C=N–C) groups is 1. The van der Waals surface area contributed by atoms with Crippen LogP contribution < -0.4 is 5.32 Å². The summed E-state index contributed by atoms with van der Waals surface area (Å²) in [5.74, 6) is 0.422. The van der Waals surface area contributed by atoms with E-state index in [9.17, 15) is 0 Å². The zero-order valence-corrected chi connectivity index (χ0v) is 10.5. The molecule has 0 aromatic heterocycles. The van der Waals surface area contributed by atoms with E-state index in [0.717, 1.165) is 17.0 Å². The summed E-state index contributed by atoms with van der Waals surface area (Å²) in [7, 11) is 1.91. The molecule has 2 heteroatoms. The molecule has 0 heterocycles. The minimum Gasteiger partial charge on any atom is -0.390 e.